The number of hydrogen-bond acceptors (Lipinski definition) is 3. The van der Waals surface area contributed by atoms with Gasteiger partial charge in [0.05, 0.1) is 12.3 Å². The van der Waals surface area contributed by atoms with Crippen molar-refractivity contribution in [3.63, 3.8) is 0 Å². The molecule has 0 aromatic carbocycles. The highest BCUT2D eigenvalue weighted by atomic mass is 19.3. The molecule has 0 amide bonds. The summed E-state index contributed by atoms with van der Waals surface area (Å²) in [5.74, 6) is -4.15. The fourth-order valence-electron chi connectivity index (χ4n) is 1.28. The maximum absolute atomic E-state index is 12.6. The summed E-state index contributed by atoms with van der Waals surface area (Å²) in [6.07, 6.45) is -2.26. The van der Waals surface area contributed by atoms with Gasteiger partial charge in [-0.1, -0.05) is 0 Å². The van der Waals surface area contributed by atoms with E-state index < -0.39 is 19.0 Å². The highest BCUT2D eigenvalue weighted by Crippen LogP contribution is 2.24. The van der Waals surface area contributed by atoms with E-state index in [1.807, 2.05) is 0 Å². The molecule has 0 fully saturated rings. The second-order valence-electron chi connectivity index (χ2n) is 3.98. The quantitative estimate of drug-likeness (QED) is 0.833. The molecule has 2 N–H and O–H groups in total. The molecule has 1 heterocycles. The molecule has 0 unspecified atom stereocenters. The number of hydrogen-bond donors (Lipinski definition) is 1. The normalized spacial score (nSPS) is 12.2. The van der Waals surface area contributed by atoms with Crippen molar-refractivity contribution in [2.24, 2.45) is 0 Å². The monoisotopic (exact) mass is 266 g/mol. The molecule has 0 aliphatic carbocycles. The molecule has 0 aliphatic heterocycles. The molecule has 18 heavy (non-hydrogen) atoms. The van der Waals surface area contributed by atoms with Gasteiger partial charge in [-0.25, -0.2) is 8.78 Å². The van der Waals surface area contributed by atoms with E-state index in [9.17, 15) is 17.6 Å². The first-order chi connectivity index (χ1) is 8.25. The summed E-state index contributed by atoms with van der Waals surface area (Å²) in [6, 6.07) is 0. The van der Waals surface area contributed by atoms with E-state index in [0.29, 0.717) is 16.9 Å². The minimum absolute atomic E-state index is 0.279. The molecule has 0 radical (unpaired) electrons. The summed E-state index contributed by atoms with van der Waals surface area (Å²) < 4.78 is 53.5. The lowest BCUT2D eigenvalue weighted by Gasteiger charge is -2.16. The van der Waals surface area contributed by atoms with Gasteiger partial charge in [-0.15, -0.1) is 0 Å². The van der Waals surface area contributed by atoms with Crippen LogP contribution in [0.3, 0.4) is 0 Å². The van der Waals surface area contributed by atoms with Gasteiger partial charge in [-0.05, 0) is 25.0 Å². The smallest absolute Gasteiger partial charge is 0.330 e. The second-order valence-corrected chi connectivity index (χ2v) is 3.98. The van der Waals surface area contributed by atoms with Crippen molar-refractivity contribution >= 4 is 5.69 Å². The summed E-state index contributed by atoms with van der Waals surface area (Å²) in [6.45, 7) is 1.79. The summed E-state index contributed by atoms with van der Waals surface area (Å²) in [5.41, 5.74) is 7.94. The maximum atomic E-state index is 12.6. The number of pyridine rings is 1. The lowest BCUT2D eigenvalue weighted by atomic mass is 10.1. The third-order valence-corrected chi connectivity index (χ3v) is 2.53. The molecule has 0 aliphatic rings. The van der Waals surface area contributed by atoms with Gasteiger partial charge in [0.1, 0.15) is 6.61 Å². The molecular formula is C11H14F4N2O. The van der Waals surface area contributed by atoms with Crippen LogP contribution in [0.4, 0.5) is 23.2 Å². The van der Waals surface area contributed by atoms with Crippen molar-refractivity contribution in [1.82, 2.24) is 4.98 Å². The molecule has 102 valence electrons. The van der Waals surface area contributed by atoms with Crippen molar-refractivity contribution in [2.45, 2.75) is 32.8 Å². The fourth-order valence-corrected chi connectivity index (χ4v) is 1.28. The van der Waals surface area contributed by atoms with Gasteiger partial charge in [0, 0.05) is 11.9 Å². The predicted molar refractivity (Wildman–Crippen MR) is 58.7 cm³/mol. The molecule has 0 spiro atoms. The Morgan fingerprint density at radius 2 is 2.00 bits per heavy atom. The maximum Gasteiger partial charge on any atom is 0.330 e. The average Bonchev–Trinajstić information content (AvgIpc) is 2.29. The Bertz CT molecular complexity index is 424. The first kappa shape index (κ1) is 14.7. The van der Waals surface area contributed by atoms with Gasteiger partial charge in [0.25, 0.3) is 0 Å². The zero-order chi connectivity index (χ0) is 13.9. The van der Waals surface area contributed by atoms with Crippen molar-refractivity contribution < 1.29 is 22.3 Å². The highest BCUT2D eigenvalue weighted by molar-refractivity contribution is 5.53. The standard InChI is InChI=1S/C11H14F4N2O/c1-6-3-17-8(7(2)9(6)16)4-18-5-11(14,15)10(12)13/h3,10H,4-5H2,1-2H3,(H2,16,17). The van der Waals surface area contributed by atoms with Crippen LogP contribution in [0.1, 0.15) is 16.8 Å². The molecular weight excluding hydrogens is 252 g/mol. The molecule has 1 aromatic rings. The number of nitrogens with two attached hydrogens (primary N) is 1. The Hall–Kier alpha value is -1.37. The molecule has 0 bridgehead atoms. The highest BCUT2D eigenvalue weighted by Gasteiger charge is 2.40. The Kier molecular flexibility index (Phi) is 4.50. The minimum atomic E-state index is -4.15. The van der Waals surface area contributed by atoms with E-state index >= 15 is 0 Å². The number of halogens is 4. The van der Waals surface area contributed by atoms with Gasteiger partial charge in [-0.2, -0.15) is 8.78 Å². The van der Waals surface area contributed by atoms with Crippen LogP contribution in [-0.2, 0) is 11.3 Å². The summed E-state index contributed by atoms with van der Waals surface area (Å²) >= 11 is 0. The first-order valence-corrected chi connectivity index (χ1v) is 5.20. The zero-order valence-corrected chi connectivity index (χ0v) is 10.0. The van der Waals surface area contributed by atoms with E-state index in [1.165, 1.54) is 6.20 Å². The SMILES string of the molecule is Cc1cnc(COCC(F)(F)C(F)F)c(C)c1N. The predicted octanol–water partition coefficient (Wildman–Crippen LogP) is 2.70. The van der Waals surface area contributed by atoms with E-state index in [1.54, 1.807) is 13.8 Å². The van der Waals surface area contributed by atoms with Gasteiger partial charge in [-0.3, -0.25) is 4.98 Å². The van der Waals surface area contributed by atoms with Crippen LogP contribution >= 0.6 is 0 Å². The van der Waals surface area contributed by atoms with Gasteiger partial charge >= 0.3 is 12.3 Å². The van der Waals surface area contributed by atoms with Crippen LogP contribution in [0.15, 0.2) is 6.20 Å². The van der Waals surface area contributed by atoms with E-state index in [-0.39, 0.29) is 6.61 Å². The molecule has 3 nitrogen and oxygen atoms in total. The van der Waals surface area contributed by atoms with Crippen LogP contribution in [-0.4, -0.2) is 23.9 Å². The minimum Gasteiger partial charge on any atom is -0.398 e. The van der Waals surface area contributed by atoms with Crippen molar-refractivity contribution in [3.8, 4) is 0 Å². The molecule has 1 rings (SSSR count). The molecule has 0 saturated carbocycles. The van der Waals surface area contributed by atoms with Crippen molar-refractivity contribution in [3.05, 3.63) is 23.0 Å². The summed E-state index contributed by atoms with van der Waals surface area (Å²) in [5, 5.41) is 0. The third kappa shape index (κ3) is 3.32. The third-order valence-electron chi connectivity index (χ3n) is 2.53. The zero-order valence-electron chi connectivity index (χ0n) is 10.0. The Balaban J connectivity index is 2.63. The van der Waals surface area contributed by atoms with Gasteiger partial charge < -0.3 is 10.5 Å². The second kappa shape index (κ2) is 5.51. The molecule has 0 saturated heterocycles. The van der Waals surface area contributed by atoms with E-state index in [0.717, 1.165) is 5.56 Å². The number of alkyl halides is 4. The van der Waals surface area contributed by atoms with E-state index in [2.05, 4.69) is 9.72 Å². The number of nitrogens with zero attached hydrogens (tertiary/aromatic N) is 1. The van der Waals surface area contributed by atoms with Crippen LogP contribution < -0.4 is 5.73 Å². The Labute approximate surface area is 102 Å². The van der Waals surface area contributed by atoms with Crippen molar-refractivity contribution in [1.29, 1.82) is 0 Å². The van der Waals surface area contributed by atoms with Crippen LogP contribution in [0, 0.1) is 13.8 Å². The molecule has 1 aromatic heterocycles. The van der Waals surface area contributed by atoms with Gasteiger partial charge in [0.2, 0.25) is 0 Å². The summed E-state index contributed by atoms with van der Waals surface area (Å²) in [4.78, 5) is 3.97. The van der Waals surface area contributed by atoms with Gasteiger partial charge in [0.15, 0.2) is 0 Å². The summed E-state index contributed by atoms with van der Waals surface area (Å²) in [7, 11) is 0. The largest absolute Gasteiger partial charge is 0.398 e. The number of aryl methyl sites for hydroxylation is 1. The van der Waals surface area contributed by atoms with E-state index in [4.69, 9.17) is 5.73 Å². The van der Waals surface area contributed by atoms with Crippen LogP contribution in [0.2, 0.25) is 0 Å². The Morgan fingerprint density at radius 3 is 2.56 bits per heavy atom. The van der Waals surface area contributed by atoms with Crippen molar-refractivity contribution in [2.75, 3.05) is 12.3 Å². The number of anilines is 1. The topological polar surface area (TPSA) is 48.1 Å². The first-order valence-electron chi connectivity index (χ1n) is 5.20. The molecule has 7 heteroatoms. The number of rotatable bonds is 5. The molecule has 0 atom stereocenters. The average molecular weight is 266 g/mol. The van der Waals surface area contributed by atoms with Crippen LogP contribution in [0.25, 0.3) is 0 Å². The fraction of sp³-hybridized carbons (Fsp3) is 0.545. The van der Waals surface area contributed by atoms with Crippen LogP contribution in [0.5, 0.6) is 0 Å². The number of nitrogen functional groups attached to an aromatic ring is 1. The number of aromatic nitrogens is 1. The Morgan fingerprint density at radius 1 is 1.39 bits per heavy atom. The lowest BCUT2D eigenvalue weighted by Crippen LogP contribution is -2.32. The lowest BCUT2D eigenvalue weighted by molar-refractivity contribution is -0.168. The number of ether oxygens (including phenoxy) is 1.